The van der Waals surface area contributed by atoms with Crippen molar-refractivity contribution in [2.75, 3.05) is 0 Å². The minimum Gasteiger partial charge on any atom is -0.380 e. The van der Waals surface area contributed by atoms with E-state index in [0.29, 0.717) is 28.1 Å². The maximum absolute atomic E-state index is 14.6. The number of halogens is 3. The zero-order chi connectivity index (χ0) is 22.7. The van der Waals surface area contributed by atoms with Crippen molar-refractivity contribution in [3.8, 4) is 11.3 Å². The molecule has 0 fully saturated rings. The van der Waals surface area contributed by atoms with Crippen molar-refractivity contribution in [1.29, 1.82) is 0 Å². The van der Waals surface area contributed by atoms with E-state index in [4.69, 9.17) is 20.9 Å². The lowest BCUT2D eigenvalue weighted by atomic mass is 9.88. The van der Waals surface area contributed by atoms with Gasteiger partial charge in [-0.3, -0.25) is 0 Å². The van der Waals surface area contributed by atoms with Crippen LogP contribution in [0.3, 0.4) is 0 Å². The van der Waals surface area contributed by atoms with E-state index in [1.807, 2.05) is 18.2 Å². The molecule has 1 N–H and O–H groups in total. The minimum atomic E-state index is -1.88. The van der Waals surface area contributed by atoms with Crippen LogP contribution in [-0.4, -0.2) is 31.1 Å². The summed E-state index contributed by atoms with van der Waals surface area (Å²) in [6.45, 7) is 1.35. The molecule has 32 heavy (non-hydrogen) atoms. The third kappa shape index (κ3) is 4.55. The van der Waals surface area contributed by atoms with E-state index in [1.165, 1.54) is 23.4 Å². The van der Waals surface area contributed by atoms with Gasteiger partial charge < -0.3 is 14.4 Å². The molecule has 166 valence electrons. The van der Waals surface area contributed by atoms with E-state index in [2.05, 4.69) is 15.2 Å². The van der Waals surface area contributed by atoms with Crippen LogP contribution < -0.4 is 0 Å². The predicted octanol–water partition coefficient (Wildman–Crippen LogP) is 4.36. The second-order valence-electron chi connectivity index (χ2n) is 7.25. The molecule has 0 bridgehead atoms. The van der Waals surface area contributed by atoms with E-state index >= 15 is 0 Å². The Morgan fingerprint density at radius 2 is 2.03 bits per heavy atom. The molecule has 0 saturated carbocycles. The molecule has 4 aromatic rings. The van der Waals surface area contributed by atoms with Crippen molar-refractivity contribution in [1.82, 2.24) is 19.9 Å². The Labute approximate surface area is 187 Å². The van der Waals surface area contributed by atoms with Crippen LogP contribution in [0.2, 0.25) is 5.02 Å². The number of aliphatic hydroxyl groups is 1. The lowest BCUT2D eigenvalue weighted by Gasteiger charge is -2.34. The van der Waals surface area contributed by atoms with Crippen LogP contribution in [0.15, 0.2) is 65.7 Å². The van der Waals surface area contributed by atoms with E-state index < -0.39 is 23.3 Å². The van der Waals surface area contributed by atoms with Gasteiger partial charge in [0.2, 0.25) is 0 Å². The number of nitrogens with zero attached hydrogens (tertiary/aromatic N) is 4. The Morgan fingerprint density at radius 3 is 2.75 bits per heavy atom. The first-order valence-electron chi connectivity index (χ1n) is 9.69. The highest BCUT2D eigenvalue weighted by Crippen LogP contribution is 2.33. The largest absolute Gasteiger partial charge is 0.380 e. The summed E-state index contributed by atoms with van der Waals surface area (Å²) in [6.07, 6.45) is 1.73. The SMILES string of the molecule is C[C@@H](OCc1cc(-c2ccccc2Cl)no1)[C@](O)(Cn1cncn1)c1ccc(F)cc1F. The molecular formula is C22H19ClF2N4O3. The van der Waals surface area contributed by atoms with Crippen molar-refractivity contribution in [3.05, 3.63) is 89.2 Å². The molecule has 0 amide bonds. The smallest absolute Gasteiger partial charge is 0.163 e. The second-order valence-corrected chi connectivity index (χ2v) is 7.66. The molecule has 10 heteroatoms. The molecule has 2 atom stereocenters. The average Bonchev–Trinajstić information content (AvgIpc) is 3.44. The number of hydrogen-bond donors (Lipinski definition) is 1. The van der Waals surface area contributed by atoms with E-state index in [1.54, 1.807) is 19.1 Å². The third-order valence-corrected chi connectivity index (χ3v) is 5.45. The Kier molecular flexibility index (Phi) is 6.31. The number of benzene rings is 2. The molecule has 4 rings (SSSR count). The Morgan fingerprint density at radius 1 is 1.22 bits per heavy atom. The monoisotopic (exact) mass is 460 g/mol. The van der Waals surface area contributed by atoms with E-state index in [-0.39, 0.29) is 18.7 Å². The zero-order valence-corrected chi connectivity index (χ0v) is 17.7. The molecule has 0 spiro atoms. The summed E-state index contributed by atoms with van der Waals surface area (Å²) >= 11 is 6.20. The van der Waals surface area contributed by atoms with Gasteiger partial charge in [-0.15, -0.1) is 0 Å². The number of ether oxygens (including phenoxy) is 1. The summed E-state index contributed by atoms with van der Waals surface area (Å²) in [5, 5.41) is 20.0. The maximum atomic E-state index is 14.6. The van der Waals surface area contributed by atoms with Crippen LogP contribution >= 0.6 is 11.6 Å². The molecule has 2 heterocycles. The molecule has 7 nitrogen and oxygen atoms in total. The first-order valence-corrected chi connectivity index (χ1v) is 10.1. The standard InChI is InChI=1S/C22H19ClF2N4O3/c1-14(31-10-16-9-21(28-32-16)17-4-2-3-5-19(17)23)22(30,11-29-13-26-12-27-29)18-7-6-15(24)8-20(18)25/h2-9,12-14,30H,10-11H2,1H3/t14-,22-/m1/s1. The zero-order valence-electron chi connectivity index (χ0n) is 17.0. The normalized spacial score (nSPS) is 14.3. The molecule has 0 radical (unpaired) electrons. The van der Waals surface area contributed by atoms with Gasteiger partial charge in [0.15, 0.2) is 5.76 Å². The van der Waals surface area contributed by atoms with Gasteiger partial charge in [0.05, 0.1) is 17.7 Å². The number of aromatic nitrogens is 4. The molecule has 0 aliphatic carbocycles. The van der Waals surface area contributed by atoms with Crippen molar-refractivity contribution in [2.45, 2.75) is 31.8 Å². The number of rotatable bonds is 8. The highest BCUT2D eigenvalue weighted by Gasteiger charge is 2.40. The third-order valence-electron chi connectivity index (χ3n) is 5.12. The lowest BCUT2D eigenvalue weighted by Crippen LogP contribution is -2.44. The molecule has 2 aromatic carbocycles. The van der Waals surface area contributed by atoms with Crippen LogP contribution in [0, 0.1) is 11.6 Å². The Balaban J connectivity index is 1.55. The fourth-order valence-electron chi connectivity index (χ4n) is 3.36. The predicted molar refractivity (Wildman–Crippen MR) is 111 cm³/mol. The average molecular weight is 461 g/mol. The Bertz CT molecular complexity index is 1200. The van der Waals surface area contributed by atoms with Crippen LogP contribution in [0.5, 0.6) is 0 Å². The van der Waals surface area contributed by atoms with Crippen LogP contribution in [0.4, 0.5) is 8.78 Å². The summed E-state index contributed by atoms with van der Waals surface area (Å²) in [5.74, 6) is -1.27. The van der Waals surface area contributed by atoms with Crippen LogP contribution in [-0.2, 0) is 23.5 Å². The van der Waals surface area contributed by atoms with Crippen molar-refractivity contribution >= 4 is 11.6 Å². The fraction of sp³-hybridized carbons (Fsp3) is 0.227. The van der Waals surface area contributed by atoms with Gasteiger partial charge in [-0.05, 0) is 19.1 Å². The van der Waals surface area contributed by atoms with Gasteiger partial charge in [-0.25, -0.2) is 18.4 Å². The summed E-state index contributed by atoms with van der Waals surface area (Å²) in [4.78, 5) is 3.84. The van der Waals surface area contributed by atoms with E-state index in [9.17, 15) is 13.9 Å². The lowest BCUT2D eigenvalue weighted by molar-refractivity contribution is -0.126. The first-order chi connectivity index (χ1) is 15.4. The molecule has 0 aliphatic heterocycles. The summed E-state index contributed by atoms with van der Waals surface area (Å²) in [7, 11) is 0. The minimum absolute atomic E-state index is 0.0545. The summed E-state index contributed by atoms with van der Waals surface area (Å²) in [6, 6.07) is 11.8. The molecule has 0 unspecified atom stereocenters. The highest BCUT2D eigenvalue weighted by molar-refractivity contribution is 6.33. The van der Waals surface area contributed by atoms with Gasteiger partial charge in [0, 0.05) is 23.3 Å². The van der Waals surface area contributed by atoms with Crippen molar-refractivity contribution in [3.63, 3.8) is 0 Å². The van der Waals surface area contributed by atoms with Gasteiger partial charge in [-0.1, -0.05) is 41.0 Å². The molecule has 0 saturated heterocycles. The molecule has 0 aliphatic rings. The molecular weight excluding hydrogens is 442 g/mol. The van der Waals surface area contributed by atoms with Crippen molar-refractivity contribution < 1.29 is 23.1 Å². The van der Waals surface area contributed by atoms with Gasteiger partial charge in [0.1, 0.15) is 42.2 Å². The fourth-order valence-corrected chi connectivity index (χ4v) is 3.59. The van der Waals surface area contributed by atoms with E-state index in [0.717, 1.165) is 6.07 Å². The van der Waals surface area contributed by atoms with Gasteiger partial charge in [0.25, 0.3) is 0 Å². The van der Waals surface area contributed by atoms with Gasteiger partial charge >= 0.3 is 0 Å². The van der Waals surface area contributed by atoms with Gasteiger partial charge in [-0.2, -0.15) is 5.10 Å². The Hall–Kier alpha value is -3.14. The quantitative estimate of drug-likeness (QED) is 0.420. The highest BCUT2D eigenvalue weighted by atomic mass is 35.5. The van der Waals surface area contributed by atoms with Crippen LogP contribution in [0.1, 0.15) is 18.2 Å². The maximum Gasteiger partial charge on any atom is 0.163 e. The topological polar surface area (TPSA) is 86.2 Å². The van der Waals surface area contributed by atoms with Crippen molar-refractivity contribution in [2.24, 2.45) is 0 Å². The summed E-state index contributed by atoms with van der Waals surface area (Å²) in [5.41, 5.74) is -0.773. The number of hydrogen-bond acceptors (Lipinski definition) is 6. The van der Waals surface area contributed by atoms with Crippen LogP contribution in [0.25, 0.3) is 11.3 Å². The first kappa shape index (κ1) is 22.1. The molecule has 2 aromatic heterocycles. The second kappa shape index (κ2) is 9.15. The summed E-state index contributed by atoms with van der Waals surface area (Å²) < 4.78 is 40.5.